The number of nitriles is 1. The Morgan fingerprint density at radius 1 is 0.886 bits per heavy atom. The number of rotatable bonds is 9. The van der Waals surface area contributed by atoms with E-state index in [9.17, 15) is 10.1 Å². The van der Waals surface area contributed by atoms with Crippen LogP contribution in [0.3, 0.4) is 0 Å². The van der Waals surface area contributed by atoms with Crippen LogP contribution in [0.15, 0.2) is 91.0 Å². The fourth-order valence-corrected chi connectivity index (χ4v) is 9.16. The lowest BCUT2D eigenvalue weighted by atomic mass is 10.1. The molecule has 0 saturated heterocycles. The second-order valence-corrected chi connectivity index (χ2v) is 18.4. The zero-order chi connectivity index (χ0) is 25.5. The highest BCUT2D eigenvalue weighted by Crippen LogP contribution is 2.44. The van der Waals surface area contributed by atoms with Crippen molar-refractivity contribution in [2.75, 3.05) is 0 Å². The Bertz CT molecular complexity index is 1110. The van der Waals surface area contributed by atoms with Crippen molar-refractivity contribution in [1.29, 1.82) is 5.26 Å². The van der Waals surface area contributed by atoms with E-state index in [1.165, 1.54) is 0 Å². The maximum atomic E-state index is 13.8. The summed E-state index contributed by atoms with van der Waals surface area (Å²) in [6, 6.07) is 33.2. The molecule has 3 rings (SSSR count). The van der Waals surface area contributed by atoms with Crippen LogP contribution in [0.1, 0.15) is 33.6 Å². The fraction of sp³-hybridized carbons (Fsp3) is 0.300. The maximum Gasteiger partial charge on any atom is 0.192 e. The molecule has 182 valence electrons. The van der Waals surface area contributed by atoms with Crippen LogP contribution in [0.5, 0.6) is 0 Å². The number of carbonyl (C=O) groups is 1. The van der Waals surface area contributed by atoms with Crippen molar-refractivity contribution in [3.8, 4) is 6.07 Å². The predicted molar refractivity (Wildman–Crippen MR) is 153 cm³/mol. The quantitative estimate of drug-likeness (QED) is 0.265. The Balaban J connectivity index is 2.15. The first-order valence-corrected chi connectivity index (χ1v) is 16.9. The first kappa shape index (κ1) is 26.9. The number of Topliss-reactive ketones (excluding diaryl/α,β-unsaturated/α-hetero) is 1. The molecule has 0 fully saturated rings. The van der Waals surface area contributed by atoms with E-state index in [-0.39, 0.29) is 23.7 Å². The summed E-state index contributed by atoms with van der Waals surface area (Å²) in [5, 5.41) is 12.9. The predicted octanol–water partition coefficient (Wildman–Crippen LogP) is 6.05. The lowest BCUT2D eigenvalue weighted by Gasteiger charge is -2.38. The normalized spacial score (nSPS) is 13.0. The van der Waals surface area contributed by atoms with E-state index in [0.717, 1.165) is 15.9 Å². The molecular formula is C30H36NO2PSi. The minimum Gasteiger partial charge on any atom is -0.412 e. The summed E-state index contributed by atoms with van der Waals surface area (Å²) in [7, 11) is -2.13. The van der Waals surface area contributed by atoms with Crippen LogP contribution < -0.4 is 15.9 Å². The molecule has 0 unspecified atom stereocenters. The van der Waals surface area contributed by atoms with Crippen molar-refractivity contribution in [2.24, 2.45) is 0 Å². The third-order valence-electron chi connectivity index (χ3n) is 6.84. The topological polar surface area (TPSA) is 50.1 Å². The second kappa shape index (κ2) is 11.4. The van der Waals surface area contributed by atoms with E-state index in [1.54, 1.807) is 0 Å². The Morgan fingerprint density at radius 2 is 1.29 bits per heavy atom. The molecule has 0 radical (unpaired) electrons. The van der Waals surface area contributed by atoms with Gasteiger partial charge in [0.2, 0.25) is 0 Å². The molecule has 5 heteroatoms. The molecule has 0 aliphatic carbocycles. The molecule has 0 N–H and O–H groups in total. The van der Waals surface area contributed by atoms with Gasteiger partial charge in [-0.05, 0) is 46.7 Å². The van der Waals surface area contributed by atoms with Gasteiger partial charge in [-0.15, -0.1) is 0 Å². The smallest absolute Gasteiger partial charge is 0.192 e. The van der Waals surface area contributed by atoms with Gasteiger partial charge in [0.25, 0.3) is 0 Å². The van der Waals surface area contributed by atoms with Gasteiger partial charge in [-0.2, -0.15) is 5.26 Å². The van der Waals surface area contributed by atoms with Crippen LogP contribution in [0.2, 0.25) is 18.1 Å². The monoisotopic (exact) mass is 501 g/mol. The highest BCUT2D eigenvalue weighted by molar-refractivity contribution is 7.95. The molecule has 3 aromatic carbocycles. The van der Waals surface area contributed by atoms with Crippen LogP contribution in [0, 0.1) is 11.3 Å². The van der Waals surface area contributed by atoms with Gasteiger partial charge in [0, 0.05) is 6.42 Å². The van der Waals surface area contributed by atoms with E-state index >= 15 is 0 Å². The molecule has 0 heterocycles. The average Bonchev–Trinajstić information content (AvgIpc) is 2.83. The lowest BCUT2D eigenvalue weighted by Crippen LogP contribution is -2.44. The summed E-state index contributed by atoms with van der Waals surface area (Å²) in [6.45, 7) is 8.49. The van der Waals surface area contributed by atoms with Crippen molar-refractivity contribution in [1.82, 2.24) is 0 Å². The van der Waals surface area contributed by atoms with Crippen LogP contribution in [-0.2, 0) is 9.22 Å². The van der Waals surface area contributed by atoms with Crippen molar-refractivity contribution in [3.05, 3.63) is 91.0 Å². The molecule has 0 spiro atoms. The number of ketones is 1. The standard InChI is InChI=1S/C30H36NO2PSi/c1-30(2,3)35(4,5)33-26(21-22-31)23-25(32)24-34(27-15-9-6-10-16-27,28-17-11-7-12-18-28)29-19-13-8-14-20-29/h6-20,24,26H,21,23H2,1-5H3/t26-/m0/s1. The van der Waals surface area contributed by atoms with Gasteiger partial charge in [-0.1, -0.05) is 112 Å². The Kier molecular flexibility index (Phi) is 8.73. The van der Waals surface area contributed by atoms with Crippen molar-refractivity contribution >= 4 is 42.7 Å². The van der Waals surface area contributed by atoms with Crippen LogP contribution in [-0.4, -0.2) is 26.0 Å². The van der Waals surface area contributed by atoms with Crippen LogP contribution in [0.25, 0.3) is 0 Å². The van der Waals surface area contributed by atoms with E-state index < -0.39 is 21.3 Å². The van der Waals surface area contributed by atoms with Gasteiger partial charge in [-0.25, -0.2) is 0 Å². The molecule has 3 nitrogen and oxygen atoms in total. The van der Waals surface area contributed by atoms with E-state index in [2.05, 4.69) is 76.3 Å². The highest BCUT2D eigenvalue weighted by atomic mass is 31.2. The Labute approximate surface area is 211 Å². The molecular weight excluding hydrogens is 465 g/mol. The third-order valence-corrected chi connectivity index (χ3v) is 15.4. The Morgan fingerprint density at radius 3 is 1.63 bits per heavy atom. The largest absolute Gasteiger partial charge is 0.412 e. The fourth-order valence-electron chi connectivity index (χ4n) is 4.00. The number of nitrogens with zero attached hydrogens (tertiary/aromatic N) is 1. The summed E-state index contributed by atoms with van der Waals surface area (Å²) in [5.41, 5.74) is 0. The maximum absolute atomic E-state index is 13.8. The summed E-state index contributed by atoms with van der Waals surface area (Å²) < 4.78 is 6.53. The molecule has 1 atom stereocenters. The molecule has 0 aliphatic rings. The zero-order valence-electron chi connectivity index (χ0n) is 21.4. The number of carbonyl (C=O) groups excluding carboxylic acids is 1. The van der Waals surface area contributed by atoms with Crippen LogP contribution >= 0.6 is 6.89 Å². The Hall–Kier alpha value is -2.70. The van der Waals surface area contributed by atoms with Gasteiger partial charge in [-0.3, -0.25) is 4.79 Å². The van der Waals surface area contributed by atoms with Gasteiger partial charge in [0.1, 0.15) is 0 Å². The van der Waals surface area contributed by atoms with Crippen molar-refractivity contribution in [3.63, 3.8) is 0 Å². The average molecular weight is 502 g/mol. The van der Waals surface area contributed by atoms with Gasteiger partial charge in [0.05, 0.1) is 18.6 Å². The van der Waals surface area contributed by atoms with Gasteiger partial charge < -0.3 is 4.43 Å². The minimum atomic E-state index is -2.37. The number of hydrogen-bond donors (Lipinski definition) is 0. The number of hydrogen-bond acceptors (Lipinski definition) is 3. The van der Waals surface area contributed by atoms with E-state index in [1.807, 2.05) is 60.4 Å². The van der Waals surface area contributed by atoms with Crippen LogP contribution in [0.4, 0.5) is 0 Å². The summed E-state index contributed by atoms with van der Waals surface area (Å²) in [5.74, 6) is 1.97. The second-order valence-electron chi connectivity index (χ2n) is 10.4. The van der Waals surface area contributed by atoms with Gasteiger partial charge in [0.15, 0.2) is 14.1 Å². The zero-order valence-corrected chi connectivity index (χ0v) is 23.3. The molecule has 0 bridgehead atoms. The van der Waals surface area contributed by atoms with Crippen molar-refractivity contribution in [2.45, 2.75) is 57.8 Å². The van der Waals surface area contributed by atoms with E-state index in [0.29, 0.717) is 0 Å². The first-order valence-electron chi connectivity index (χ1n) is 12.1. The molecule has 0 saturated carbocycles. The molecule has 0 aliphatic heterocycles. The first-order chi connectivity index (χ1) is 16.6. The third kappa shape index (κ3) is 6.30. The van der Waals surface area contributed by atoms with Crippen molar-refractivity contribution < 1.29 is 9.22 Å². The molecule has 3 aromatic rings. The molecule has 0 amide bonds. The van der Waals surface area contributed by atoms with Gasteiger partial charge >= 0.3 is 0 Å². The SMILES string of the molecule is CC(C)(C)[Si](C)(C)O[C@@H](CC#N)CC(=O)C=P(c1ccccc1)(c1ccccc1)c1ccccc1. The summed E-state index contributed by atoms with van der Waals surface area (Å²) in [6.07, 6.45) is 0.00212. The summed E-state index contributed by atoms with van der Waals surface area (Å²) >= 11 is 0. The molecule has 0 aromatic heterocycles. The molecule has 35 heavy (non-hydrogen) atoms. The highest BCUT2D eigenvalue weighted by Gasteiger charge is 2.39. The van der Waals surface area contributed by atoms with E-state index in [4.69, 9.17) is 4.43 Å². The minimum absolute atomic E-state index is 0.00232. The summed E-state index contributed by atoms with van der Waals surface area (Å²) in [4.78, 5) is 13.8. The lowest BCUT2D eigenvalue weighted by molar-refractivity contribution is -0.113. The number of benzene rings is 3.